The van der Waals surface area contributed by atoms with E-state index in [1.54, 1.807) is 7.11 Å². The molecule has 3 nitrogen and oxygen atoms in total. The van der Waals surface area contributed by atoms with Crippen LogP contribution in [0.5, 0.6) is 5.75 Å². The van der Waals surface area contributed by atoms with Crippen LogP contribution in [0.1, 0.15) is 38.2 Å². The highest BCUT2D eigenvalue weighted by Gasteiger charge is 2.36. The lowest BCUT2D eigenvalue weighted by Gasteiger charge is -2.23. The molecule has 0 radical (unpaired) electrons. The van der Waals surface area contributed by atoms with Gasteiger partial charge in [-0.15, -0.1) is 0 Å². The lowest BCUT2D eigenvalue weighted by Crippen LogP contribution is -2.29. The van der Waals surface area contributed by atoms with Crippen molar-refractivity contribution in [3.05, 3.63) is 28.8 Å². The first-order chi connectivity index (χ1) is 9.02. The van der Waals surface area contributed by atoms with Gasteiger partial charge in [-0.1, -0.05) is 31.5 Å². The van der Waals surface area contributed by atoms with Crippen molar-refractivity contribution < 1.29 is 9.53 Å². The molecule has 0 aromatic heterocycles. The Morgan fingerprint density at radius 3 is 2.84 bits per heavy atom. The van der Waals surface area contributed by atoms with Crippen molar-refractivity contribution >= 4 is 17.5 Å². The molecule has 0 saturated carbocycles. The van der Waals surface area contributed by atoms with Gasteiger partial charge >= 0.3 is 0 Å². The topological polar surface area (TPSA) is 38.3 Å². The van der Waals surface area contributed by atoms with Gasteiger partial charge in [-0.2, -0.15) is 0 Å². The number of halogens is 1. The van der Waals surface area contributed by atoms with E-state index in [4.69, 9.17) is 16.3 Å². The monoisotopic (exact) mass is 281 g/mol. The molecule has 1 saturated heterocycles. The molecule has 0 aliphatic carbocycles. The van der Waals surface area contributed by atoms with Crippen LogP contribution < -0.4 is 10.1 Å². The smallest absolute Gasteiger partial charge is 0.220 e. The zero-order chi connectivity index (χ0) is 14.0. The number of ether oxygens (including phenoxy) is 1. The highest BCUT2D eigenvalue weighted by molar-refractivity contribution is 6.31. The van der Waals surface area contributed by atoms with E-state index in [0.29, 0.717) is 17.4 Å². The molecule has 2 rings (SSSR count). The summed E-state index contributed by atoms with van der Waals surface area (Å²) < 4.78 is 5.40. The Kier molecular flexibility index (Phi) is 4.35. The van der Waals surface area contributed by atoms with Crippen molar-refractivity contribution in [2.45, 2.75) is 38.6 Å². The number of nitrogens with one attached hydrogen (secondary N) is 1. The summed E-state index contributed by atoms with van der Waals surface area (Å²) in [6.45, 7) is 4.32. The Balaban J connectivity index is 2.36. The summed E-state index contributed by atoms with van der Waals surface area (Å²) in [7, 11) is 1.64. The minimum atomic E-state index is 0.0950. The summed E-state index contributed by atoms with van der Waals surface area (Å²) in [4.78, 5) is 11.7. The van der Waals surface area contributed by atoms with E-state index < -0.39 is 0 Å². The van der Waals surface area contributed by atoms with E-state index in [1.165, 1.54) is 0 Å². The van der Waals surface area contributed by atoms with Gasteiger partial charge in [-0.3, -0.25) is 4.79 Å². The molecule has 1 fully saturated rings. The Morgan fingerprint density at radius 1 is 1.47 bits per heavy atom. The predicted octanol–water partition coefficient (Wildman–Crippen LogP) is 3.37. The molecule has 4 heteroatoms. The Labute approximate surface area is 119 Å². The van der Waals surface area contributed by atoms with Crippen molar-refractivity contribution in [2.24, 2.45) is 5.92 Å². The molecule has 1 aromatic rings. The van der Waals surface area contributed by atoms with E-state index in [1.807, 2.05) is 18.2 Å². The Bertz CT molecular complexity index is 473. The third kappa shape index (κ3) is 3.03. The number of rotatable bonds is 4. The summed E-state index contributed by atoms with van der Waals surface area (Å²) in [6, 6.07) is 5.76. The van der Waals surface area contributed by atoms with Crippen LogP contribution in [-0.4, -0.2) is 19.1 Å². The van der Waals surface area contributed by atoms with Crippen molar-refractivity contribution in [2.75, 3.05) is 7.11 Å². The molecule has 2 atom stereocenters. The number of hydrogen-bond acceptors (Lipinski definition) is 2. The molecule has 19 heavy (non-hydrogen) atoms. The SMILES string of the molecule is COc1cccc(Cl)c1C1CC(=O)NC1CC(C)C. The first kappa shape index (κ1) is 14.2. The molecular weight excluding hydrogens is 262 g/mol. The van der Waals surface area contributed by atoms with Gasteiger partial charge in [0.1, 0.15) is 5.75 Å². The van der Waals surface area contributed by atoms with Crippen molar-refractivity contribution in [3.8, 4) is 5.75 Å². The number of carbonyl (C=O) groups is 1. The second kappa shape index (κ2) is 5.83. The van der Waals surface area contributed by atoms with E-state index >= 15 is 0 Å². The van der Waals surface area contributed by atoms with Crippen LogP contribution in [0.15, 0.2) is 18.2 Å². The lowest BCUT2D eigenvalue weighted by molar-refractivity contribution is -0.119. The average molecular weight is 282 g/mol. The first-order valence-electron chi connectivity index (χ1n) is 6.64. The van der Waals surface area contributed by atoms with E-state index in [-0.39, 0.29) is 17.9 Å². The normalized spacial score (nSPS) is 22.7. The highest BCUT2D eigenvalue weighted by Crippen LogP contribution is 2.40. The van der Waals surface area contributed by atoms with Gasteiger partial charge in [0.25, 0.3) is 0 Å². The van der Waals surface area contributed by atoms with Gasteiger partial charge in [0, 0.05) is 29.0 Å². The fraction of sp³-hybridized carbons (Fsp3) is 0.533. The van der Waals surface area contributed by atoms with Gasteiger partial charge < -0.3 is 10.1 Å². The van der Waals surface area contributed by atoms with E-state index in [9.17, 15) is 4.79 Å². The number of hydrogen-bond donors (Lipinski definition) is 1. The molecule has 1 aromatic carbocycles. The zero-order valence-corrected chi connectivity index (χ0v) is 12.3. The zero-order valence-electron chi connectivity index (χ0n) is 11.6. The summed E-state index contributed by atoms with van der Waals surface area (Å²) in [5, 5.41) is 3.73. The lowest BCUT2D eigenvalue weighted by atomic mass is 9.87. The van der Waals surface area contributed by atoms with Crippen LogP contribution in [-0.2, 0) is 4.79 Å². The fourth-order valence-corrected chi connectivity index (χ4v) is 3.10. The maximum Gasteiger partial charge on any atom is 0.220 e. The van der Waals surface area contributed by atoms with Crippen LogP contribution in [0.4, 0.5) is 0 Å². The fourth-order valence-electron chi connectivity index (χ4n) is 2.80. The van der Waals surface area contributed by atoms with Crippen LogP contribution in [0.3, 0.4) is 0 Å². The molecule has 0 bridgehead atoms. The van der Waals surface area contributed by atoms with Crippen molar-refractivity contribution in [3.63, 3.8) is 0 Å². The van der Waals surface area contributed by atoms with Crippen LogP contribution >= 0.6 is 11.6 Å². The van der Waals surface area contributed by atoms with E-state index in [2.05, 4.69) is 19.2 Å². The standard InChI is InChI=1S/C15H20ClNO2/c1-9(2)7-12-10(8-14(18)17-12)15-11(16)5-4-6-13(15)19-3/h4-6,9-10,12H,7-8H2,1-3H3,(H,17,18). The Morgan fingerprint density at radius 2 is 2.21 bits per heavy atom. The average Bonchev–Trinajstić information content (AvgIpc) is 2.68. The largest absolute Gasteiger partial charge is 0.496 e. The van der Waals surface area contributed by atoms with Crippen LogP contribution in [0.2, 0.25) is 5.02 Å². The number of benzene rings is 1. The quantitative estimate of drug-likeness (QED) is 0.919. The summed E-state index contributed by atoms with van der Waals surface area (Å²) in [5.74, 6) is 1.48. The summed E-state index contributed by atoms with van der Waals surface area (Å²) in [6.07, 6.45) is 1.43. The van der Waals surface area contributed by atoms with Crippen LogP contribution in [0, 0.1) is 5.92 Å². The first-order valence-corrected chi connectivity index (χ1v) is 7.02. The molecule has 1 heterocycles. The minimum absolute atomic E-state index is 0.0950. The molecular formula is C15H20ClNO2. The van der Waals surface area contributed by atoms with Gasteiger partial charge in [0.2, 0.25) is 5.91 Å². The van der Waals surface area contributed by atoms with Gasteiger partial charge in [-0.05, 0) is 24.5 Å². The van der Waals surface area contributed by atoms with Gasteiger partial charge in [0.05, 0.1) is 7.11 Å². The molecule has 2 unspecified atom stereocenters. The number of carbonyl (C=O) groups excluding carboxylic acids is 1. The van der Waals surface area contributed by atoms with Crippen LogP contribution in [0.25, 0.3) is 0 Å². The predicted molar refractivity (Wildman–Crippen MR) is 76.7 cm³/mol. The molecule has 104 valence electrons. The van der Waals surface area contributed by atoms with Crippen molar-refractivity contribution in [1.82, 2.24) is 5.32 Å². The van der Waals surface area contributed by atoms with Gasteiger partial charge in [0.15, 0.2) is 0 Å². The van der Waals surface area contributed by atoms with Crippen molar-refractivity contribution in [1.29, 1.82) is 0 Å². The minimum Gasteiger partial charge on any atom is -0.496 e. The maximum absolute atomic E-state index is 11.7. The number of amides is 1. The molecule has 0 spiro atoms. The summed E-state index contributed by atoms with van der Waals surface area (Å²) >= 11 is 6.32. The number of methoxy groups -OCH3 is 1. The third-order valence-electron chi connectivity index (χ3n) is 3.57. The molecule has 1 aliphatic heterocycles. The highest BCUT2D eigenvalue weighted by atomic mass is 35.5. The maximum atomic E-state index is 11.7. The summed E-state index contributed by atoms with van der Waals surface area (Å²) in [5.41, 5.74) is 0.954. The molecule has 1 amide bonds. The van der Waals surface area contributed by atoms with Gasteiger partial charge in [-0.25, -0.2) is 0 Å². The second-order valence-electron chi connectivity index (χ2n) is 5.47. The Hall–Kier alpha value is -1.22. The second-order valence-corrected chi connectivity index (χ2v) is 5.88. The molecule has 1 aliphatic rings. The third-order valence-corrected chi connectivity index (χ3v) is 3.90. The molecule has 1 N–H and O–H groups in total. The van der Waals surface area contributed by atoms with E-state index in [0.717, 1.165) is 17.7 Å².